The summed E-state index contributed by atoms with van der Waals surface area (Å²) in [4.78, 5) is 8.03. The van der Waals surface area contributed by atoms with Gasteiger partial charge in [0.2, 0.25) is 0 Å². The Morgan fingerprint density at radius 2 is 1.93 bits per heavy atom. The van der Waals surface area contributed by atoms with Crippen LogP contribution in [0.2, 0.25) is 0 Å². The number of rotatable bonds is 2. The van der Waals surface area contributed by atoms with Crippen molar-refractivity contribution in [2.24, 2.45) is 5.92 Å². The van der Waals surface area contributed by atoms with E-state index in [0.717, 1.165) is 11.6 Å². The highest BCUT2D eigenvalue weighted by molar-refractivity contribution is 5.38. The van der Waals surface area contributed by atoms with E-state index in [0.29, 0.717) is 6.04 Å². The highest BCUT2D eigenvalue weighted by atomic mass is 15.0. The van der Waals surface area contributed by atoms with Crippen LogP contribution in [0, 0.1) is 5.92 Å². The molecule has 3 nitrogen and oxygen atoms in total. The van der Waals surface area contributed by atoms with Crippen LogP contribution >= 0.6 is 0 Å². The van der Waals surface area contributed by atoms with Crippen LogP contribution in [0.1, 0.15) is 39.0 Å². The Kier molecular flexibility index (Phi) is 3.54. The maximum Gasteiger partial charge on any atom is 0.115 e. The van der Waals surface area contributed by atoms with Crippen molar-refractivity contribution in [1.82, 2.24) is 9.97 Å². The summed E-state index contributed by atoms with van der Waals surface area (Å²) in [6, 6.07) is 0.612. The van der Waals surface area contributed by atoms with Crippen LogP contribution in [0.5, 0.6) is 0 Å². The number of anilines is 1. The molecule has 0 radical (unpaired) electrons. The van der Waals surface area contributed by atoms with Crippen LogP contribution in [0.25, 0.3) is 0 Å². The lowest BCUT2D eigenvalue weighted by Crippen LogP contribution is -2.18. The van der Waals surface area contributed by atoms with E-state index >= 15 is 0 Å². The van der Waals surface area contributed by atoms with Crippen LogP contribution in [0.15, 0.2) is 18.7 Å². The zero-order valence-corrected chi connectivity index (χ0v) is 9.32. The fourth-order valence-electron chi connectivity index (χ4n) is 2.24. The molecule has 3 heteroatoms. The van der Waals surface area contributed by atoms with Gasteiger partial charge in [-0.2, -0.15) is 0 Å². The summed E-state index contributed by atoms with van der Waals surface area (Å²) in [7, 11) is 0. The van der Waals surface area contributed by atoms with E-state index in [1.807, 2.05) is 12.4 Å². The van der Waals surface area contributed by atoms with Gasteiger partial charge in [0.1, 0.15) is 6.33 Å². The first-order chi connectivity index (χ1) is 7.34. The van der Waals surface area contributed by atoms with Crippen LogP contribution < -0.4 is 5.32 Å². The molecule has 0 spiro atoms. The average molecular weight is 205 g/mol. The summed E-state index contributed by atoms with van der Waals surface area (Å²) in [6.07, 6.45) is 11.9. The predicted molar refractivity (Wildman–Crippen MR) is 61.7 cm³/mol. The fraction of sp³-hybridized carbons (Fsp3) is 0.667. The second kappa shape index (κ2) is 5.10. The molecule has 82 valence electrons. The first-order valence-electron chi connectivity index (χ1n) is 5.86. The lowest BCUT2D eigenvalue weighted by Gasteiger charge is -2.16. The molecule has 1 aliphatic carbocycles. The van der Waals surface area contributed by atoms with Gasteiger partial charge in [-0.05, 0) is 25.2 Å². The molecular formula is C12H19N3. The molecule has 0 aromatic carbocycles. The molecule has 1 aliphatic rings. The molecule has 0 amide bonds. The largest absolute Gasteiger partial charge is 0.380 e. The third-order valence-corrected chi connectivity index (χ3v) is 3.19. The summed E-state index contributed by atoms with van der Waals surface area (Å²) < 4.78 is 0. The zero-order chi connectivity index (χ0) is 10.5. The van der Waals surface area contributed by atoms with Crippen molar-refractivity contribution in [2.45, 2.75) is 45.1 Å². The van der Waals surface area contributed by atoms with Crippen LogP contribution in [0.4, 0.5) is 5.69 Å². The van der Waals surface area contributed by atoms with Gasteiger partial charge in [0.25, 0.3) is 0 Å². The smallest absolute Gasteiger partial charge is 0.115 e. The third kappa shape index (κ3) is 3.18. The summed E-state index contributed by atoms with van der Waals surface area (Å²) in [5.41, 5.74) is 1.05. The minimum absolute atomic E-state index is 0.612. The Balaban J connectivity index is 1.89. The highest BCUT2D eigenvalue weighted by Crippen LogP contribution is 2.24. The van der Waals surface area contributed by atoms with Gasteiger partial charge in [-0.15, -0.1) is 0 Å². The van der Waals surface area contributed by atoms with Crippen molar-refractivity contribution >= 4 is 5.69 Å². The van der Waals surface area contributed by atoms with Crippen molar-refractivity contribution < 1.29 is 0 Å². The first kappa shape index (κ1) is 10.4. The normalized spacial score (nSPS) is 27.0. The summed E-state index contributed by atoms with van der Waals surface area (Å²) in [5.74, 6) is 0.892. The summed E-state index contributed by atoms with van der Waals surface area (Å²) >= 11 is 0. The molecule has 0 saturated heterocycles. The topological polar surface area (TPSA) is 37.8 Å². The van der Waals surface area contributed by atoms with E-state index in [1.165, 1.54) is 32.1 Å². The second-order valence-corrected chi connectivity index (χ2v) is 4.58. The van der Waals surface area contributed by atoms with Gasteiger partial charge in [-0.1, -0.05) is 19.8 Å². The van der Waals surface area contributed by atoms with Gasteiger partial charge in [-0.3, -0.25) is 0 Å². The van der Waals surface area contributed by atoms with Crippen molar-refractivity contribution in [2.75, 3.05) is 5.32 Å². The standard InChI is InChI=1S/C12H19N3/c1-10-3-2-4-11(6-5-10)15-12-7-13-9-14-8-12/h7-11,15H,2-6H2,1H3. The number of aromatic nitrogens is 2. The van der Waals surface area contributed by atoms with Gasteiger partial charge in [0.05, 0.1) is 18.1 Å². The summed E-state index contributed by atoms with van der Waals surface area (Å²) in [5, 5.41) is 3.52. The Morgan fingerprint density at radius 1 is 1.13 bits per heavy atom. The number of hydrogen-bond donors (Lipinski definition) is 1. The number of nitrogens with one attached hydrogen (secondary N) is 1. The molecule has 2 atom stereocenters. The Hall–Kier alpha value is -1.12. The second-order valence-electron chi connectivity index (χ2n) is 4.58. The van der Waals surface area contributed by atoms with E-state index < -0.39 is 0 Å². The molecule has 1 N–H and O–H groups in total. The van der Waals surface area contributed by atoms with E-state index in [4.69, 9.17) is 0 Å². The molecule has 1 heterocycles. The van der Waals surface area contributed by atoms with E-state index in [2.05, 4.69) is 22.2 Å². The fourth-order valence-corrected chi connectivity index (χ4v) is 2.24. The van der Waals surface area contributed by atoms with Crippen molar-refractivity contribution in [1.29, 1.82) is 0 Å². The number of nitrogens with zero attached hydrogens (tertiary/aromatic N) is 2. The molecule has 2 rings (SSSR count). The van der Waals surface area contributed by atoms with Crippen molar-refractivity contribution in [3.63, 3.8) is 0 Å². The quantitative estimate of drug-likeness (QED) is 0.754. The Morgan fingerprint density at radius 3 is 2.73 bits per heavy atom. The van der Waals surface area contributed by atoms with Crippen molar-refractivity contribution in [3.05, 3.63) is 18.7 Å². The number of hydrogen-bond acceptors (Lipinski definition) is 3. The third-order valence-electron chi connectivity index (χ3n) is 3.19. The van der Waals surface area contributed by atoms with E-state index in [1.54, 1.807) is 6.33 Å². The molecule has 15 heavy (non-hydrogen) atoms. The van der Waals surface area contributed by atoms with E-state index in [9.17, 15) is 0 Å². The zero-order valence-electron chi connectivity index (χ0n) is 9.32. The highest BCUT2D eigenvalue weighted by Gasteiger charge is 2.15. The van der Waals surface area contributed by atoms with E-state index in [-0.39, 0.29) is 0 Å². The van der Waals surface area contributed by atoms with Crippen LogP contribution in [-0.4, -0.2) is 16.0 Å². The average Bonchev–Trinajstić information content (AvgIpc) is 2.46. The molecule has 0 aliphatic heterocycles. The first-order valence-corrected chi connectivity index (χ1v) is 5.86. The summed E-state index contributed by atoms with van der Waals surface area (Å²) in [6.45, 7) is 2.36. The predicted octanol–water partition coefficient (Wildman–Crippen LogP) is 2.86. The Labute approximate surface area is 91.3 Å². The Bertz CT molecular complexity index is 286. The minimum Gasteiger partial charge on any atom is -0.380 e. The molecule has 0 bridgehead atoms. The van der Waals surface area contributed by atoms with Crippen LogP contribution in [-0.2, 0) is 0 Å². The van der Waals surface area contributed by atoms with Gasteiger partial charge in [0, 0.05) is 6.04 Å². The SMILES string of the molecule is CC1CCCC(Nc2cncnc2)CC1. The molecule has 1 saturated carbocycles. The lowest BCUT2D eigenvalue weighted by molar-refractivity contribution is 0.502. The maximum absolute atomic E-state index is 4.01. The minimum atomic E-state index is 0.612. The van der Waals surface area contributed by atoms with Crippen LogP contribution in [0.3, 0.4) is 0 Å². The monoisotopic (exact) mass is 205 g/mol. The van der Waals surface area contributed by atoms with Gasteiger partial charge < -0.3 is 5.32 Å². The molecule has 1 aromatic rings. The van der Waals surface area contributed by atoms with Gasteiger partial charge in [-0.25, -0.2) is 9.97 Å². The lowest BCUT2D eigenvalue weighted by atomic mass is 10.0. The molecule has 1 aromatic heterocycles. The maximum atomic E-state index is 4.01. The van der Waals surface area contributed by atoms with Gasteiger partial charge in [0.15, 0.2) is 0 Å². The molecular weight excluding hydrogens is 186 g/mol. The van der Waals surface area contributed by atoms with Crippen molar-refractivity contribution in [3.8, 4) is 0 Å². The molecule has 1 fully saturated rings. The molecule has 2 unspecified atom stereocenters. The van der Waals surface area contributed by atoms with Gasteiger partial charge >= 0.3 is 0 Å².